The number of rotatable bonds is 4. The molecule has 0 aliphatic heterocycles. The second-order valence-electron chi connectivity index (χ2n) is 2.89. The van der Waals surface area contributed by atoms with E-state index in [9.17, 15) is 0 Å². The van der Waals surface area contributed by atoms with E-state index >= 15 is 0 Å². The average molecular weight is 242 g/mol. The molecule has 1 unspecified atom stereocenters. The van der Waals surface area contributed by atoms with Gasteiger partial charge in [-0.05, 0) is 18.9 Å². The molecular weight excluding hydrogens is 230 g/mol. The summed E-state index contributed by atoms with van der Waals surface area (Å²) in [4.78, 5) is 0. The number of nitrogens with zero attached hydrogens (tertiary/aromatic N) is 3. The zero-order valence-corrected chi connectivity index (χ0v) is 9.16. The van der Waals surface area contributed by atoms with E-state index in [1.54, 1.807) is 0 Å². The van der Waals surface area contributed by atoms with Crippen LogP contribution in [-0.4, -0.2) is 15.1 Å². The van der Waals surface area contributed by atoms with Gasteiger partial charge < -0.3 is 0 Å². The van der Waals surface area contributed by atoms with E-state index in [-0.39, 0.29) is 5.92 Å². The Morgan fingerprint density at radius 1 is 1.77 bits per heavy atom. The van der Waals surface area contributed by atoms with Crippen LogP contribution in [-0.2, 0) is 13.0 Å². The van der Waals surface area contributed by atoms with Crippen molar-refractivity contribution in [2.75, 3.05) is 5.33 Å². The Morgan fingerprint density at radius 3 is 3.00 bits per heavy atom. The zero-order valence-electron chi connectivity index (χ0n) is 7.57. The highest BCUT2D eigenvalue weighted by Gasteiger charge is 2.07. The molecule has 13 heavy (non-hydrogen) atoms. The average Bonchev–Trinajstić information content (AvgIpc) is 2.61. The van der Waals surface area contributed by atoms with Gasteiger partial charge >= 0.3 is 0 Å². The van der Waals surface area contributed by atoms with Crippen LogP contribution >= 0.6 is 15.9 Å². The number of halogens is 1. The molecule has 0 saturated heterocycles. The van der Waals surface area contributed by atoms with Crippen LogP contribution < -0.4 is 0 Å². The van der Waals surface area contributed by atoms with Crippen LogP contribution in [0, 0.1) is 17.2 Å². The van der Waals surface area contributed by atoms with Crippen molar-refractivity contribution < 1.29 is 0 Å². The predicted molar refractivity (Wildman–Crippen MR) is 54.5 cm³/mol. The topological polar surface area (TPSA) is 41.6 Å². The number of nitriles is 1. The van der Waals surface area contributed by atoms with Gasteiger partial charge in [-0.1, -0.05) is 15.9 Å². The third kappa shape index (κ3) is 2.85. The van der Waals surface area contributed by atoms with Crippen molar-refractivity contribution in [2.24, 2.45) is 5.92 Å². The van der Waals surface area contributed by atoms with Gasteiger partial charge in [0.1, 0.15) is 0 Å². The summed E-state index contributed by atoms with van der Waals surface area (Å²) in [6.45, 7) is 2.93. The van der Waals surface area contributed by atoms with Crippen LogP contribution in [0.25, 0.3) is 0 Å². The van der Waals surface area contributed by atoms with Crippen molar-refractivity contribution in [2.45, 2.75) is 19.9 Å². The molecule has 4 heteroatoms. The van der Waals surface area contributed by atoms with Gasteiger partial charge in [-0.2, -0.15) is 10.4 Å². The number of aromatic nitrogens is 2. The molecule has 1 rings (SSSR count). The maximum Gasteiger partial charge on any atom is 0.0668 e. The lowest BCUT2D eigenvalue weighted by Crippen LogP contribution is -2.02. The summed E-state index contributed by atoms with van der Waals surface area (Å²) in [6.07, 6.45) is 4.60. The minimum atomic E-state index is 0.0505. The summed E-state index contributed by atoms with van der Waals surface area (Å²) < 4.78 is 1.87. The molecule has 0 aliphatic carbocycles. The Labute approximate surface area is 86.5 Å². The molecule has 1 atom stereocenters. The summed E-state index contributed by atoms with van der Waals surface area (Å²) in [5.41, 5.74) is 1.13. The highest BCUT2D eigenvalue weighted by molar-refractivity contribution is 9.09. The maximum atomic E-state index is 8.74. The van der Waals surface area contributed by atoms with Crippen LogP contribution in [0.1, 0.15) is 12.5 Å². The van der Waals surface area contributed by atoms with Crippen molar-refractivity contribution >= 4 is 15.9 Å². The number of alkyl halides is 1. The molecule has 0 N–H and O–H groups in total. The van der Waals surface area contributed by atoms with Gasteiger partial charge in [-0.3, -0.25) is 4.68 Å². The third-order valence-corrected chi connectivity index (χ3v) is 2.64. The lowest BCUT2D eigenvalue weighted by Gasteiger charge is -2.00. The van der Waals surface area contributed by atoms with E-state index in [1.807, 2.05) is 24.0 Å². The van der Waals surface area contributed by atoms with Crippen LogP contribution in [0.2, 0.25) is 0 Å². The van der Waals surface area contributed by atoms with Crippen LogP contribution in [0.5, 0.6) is 0 Å². The van der Waals surface area contributed by atoms with Crippen LogP contribution in [0.15, 0.2) is 12.4 Å². The van der Waals surface area contributed by atoms with Crippen molar-refractivity contribution in [3.63, 3.8) is 0 Å². The van der Waals surface area contributed by atoms with Crippen LogP contribution in [0.3, 0.4) is 0 Å². The van der Waals surface area contributed by atoms with E-state index < -0.39 is 0 Å². The Balaban J connectivity index is 2.58. The third-order valence-electron chi connectivity index (χ3n) is 1.86. The number of hydrogen-bond acceptors (Lipinski definition) is 2. The quantitative estimate of drug-likeness (QED) is 0.757. The molecule has 0 aliphatic rings. The fourth-order valence-electron chi connectivity index (χ4n) is 1.10. The highest BCUT2D eigenvalue weighted by Crippen LogP contribution is 2.09. The Bertz CT molecular complexity index is 300. The lowest BCUT2D eigenvalue weighted by atomic mass is 10.1. The second-order valence-corrected chi connectivity index (χ2v) is 3.54. The first-order valence-corrected chi connectivity index (χ1v) is 5.39. The van der Waals surface area contributed by atoms with E-state index in [1.165, 1.54) is 0 Å². The van der Waals surface area contributed by atoms with Gasteiger partial charge in [0.25, 0.3) is 0 Å². The van der Waals surface area contributed by atoms with E-state index in [0.717, 1.165) is 23.9 Å². The molecule has 0 bridgehead atoms. The Kier molecular flexibility index (Phi) is 3.97. The molecular formula is C9H12BrN3. The first-order chi connectivity index (χ1) is 6.30. The van der Waals surface area contributed by atoms with Gasteiger partial charge in [-0.15, -0.1) is 0 Å². The SMILES string of the molecule is CCn1cc(CC(C#N)CBr)cn1. The van der Waals surface area contributed by atoms with Gasteiger partial charge in [0.2, 0.25) is 0 Å². The molecule has 0 amide bonds. The van der Waals surface area contributed by atoms with Crippen molar-refractivity contribution in [1.29, 1.82) is 5.26 Å². The predicted octanol–water partition coefficient (Wildman–Crippen LogP) is 1.98. The molecule has 0 radical (unpaired) electrons. The van der Waals surface area contributed by atoms with Crippen molar-refractivity contribution in [3.05, 3.63) is 18.0 Å². The Morgan fingerprint density at radius 2 is 2.54 bits per heavy atom. The van der Waals surface area contributed by atoms with E-state index in [0.29, 0.717) is 0 Å². The second kappa shape index (κ2) is 5.03. The first-order valence-electron chi connectivity index (χ1n) is 4.27. The van der Waals surface area contributed by atoms with Gasteiger partial charge in [-0.25, -0.2) is 0 Å². The highest BCUT2D eigenvalue weighted by atomic mass is 79.9. The van der Waals surface area contributed by atoms with E-state index in [4.69, 9.17) is 5.26 Å². The maximum absolute atomic E-state index is 8.74. The van der Waals surface area contributed by atoms with Crippen LogP contribution in [0.4, 0.5) is 0 Å². The molecule has 0 spiro atoms. The minimum Gasteiger partial charge on any atom is -0.273 e. The summed E-state index contributed by atoms with van der Waals surface area (Å²) in [5.74, 6) is 0.0505. The first kappa shape index (κ1) is 10.3. The molecule has 1 aromatic rings. The standard InChI is InChI=1S/C9H12BrN3/c1-2-13-7-9(6-12-13)3-8(4-10)5-11/h6-8H,2-4H2,1H3. The lowest BCUT2D eigenvalue weighted by molar-refractivity contribution is 0.658. The van der Waals surface area contributed by atoms with Gasteiger partial charge in [0.05, 0.1) is 18.2 Å². The molecule has 70 valence electrons. The molecule has 1 aromatic heterocycles. The normalized spacial score (nSPS) is 12.4. The van der Waals surface area contributed by atoms with Crippen molar-refractivity contribution in [3.8, 4) is 6.07 Å². The summed E-state index contributed by atoms with van der Waals surface area (Å²) in [7, 11) is 0. The monoisotopic (exact) mass is 241 g/mol. The summed E-state index contributed by atoms with van der Waals surface area (Å²) in [6, 6.07) is 2.24. The van der Waals surface area contributed by atoms with Gasteiger partial charge in [0, 0.05) is 18.1 Å². The summed E-state index contributed by atoms with van der Waals surface area (Å²) in [5, 5.41) is 13.6. The molecule has 0 fully saturated rings. The fraction of sp³-hybridized carbons (Fsp3) is 0.556. The van der Waals surface area contributed by atoms with Crippen molar-refractivity contribution in [1.82, 2.24) is 9.78 Å². The largest absolute Gasteiger partial charge is 0.273 e. The zero-order chi connectivity index (χ0) is 9.68. The molecule has 3 nitrogen and oxygen atoms in total. The minimum absolute atomic E-state index is 0.0505. The number of hydrogen-bond donors (Lipinski definition) is 0. The summed E-state index contributed by atoms with van der Waals surface area (Å²) >= 11 is 3.31. The molecule has 0 aromatic carbocycles. The number of aryl methyl sites for hydroxylation is 1. The Hall–Kier alpha value is -0.820. The fourth-order valence-corrected chi connectivity index (χ4v) is 1.48. The smallest absolute Gasteiger partial charge is 0.0668 e. The molecule has 1 heterocycles. The molecule has 0 saturated carbocycles. The van der Waals surface area contributed by atoms with E-state index in [2.05, 4.69) is 27.1 Å². The van der Waals surface area contributed by atoms with Gasteiger partial charge in [0.15, 0.2) is 0 Å².